The molecular weight excluding hydrogens is 506 g/mol. The van der Waals surface area contributed by atoms with Crippen LogP contribution in [0.4, 0.5) is 16.2 Å². The lowest BCUT2D eigenvalue weighted by Gasteiger charge is -2.24. The second-order valence-electron chi connectivity index (χ2n) is 9.53. The number of rotatable bonds is 8. The molecule has 8 heteroatoms. The first-order valence-corrected chi connectivity index (χ1v) is 12.9. The van der Waals surface area contributed by atoms with E-state index >= 15 is 0 Å². The molecule has 4 aromatic carbocycles. The number of carbonyl (C=O) groups excluding carboxylic acids is 3. The van der Waals surface area contributed by atoms with Crippen LogP contribution in [0.1, 0.15) is 33.2 Å². The van der Waals surface area contributed by atoms with E-state index in [-0.39, 0.29) is 18.4 Å². The summed E-state index contributed by atoms with van der Waals surface area (Å²) in [5.41, 5.74) is 4.25. The second kappa shape index (κ2) is 11.7. The van der Waals surface area contributed by atoms with Crippen molar-refractivity contribution in [3.63, 3.8) is 0 Å². The SMILES string of the molecule is COc1cccc(C(=O)Nc2ccc([C@@H]3OC(=O)N(Cc4ccc(C)cc4)[C@@H]3C(=O)Nc3ccccc3)cc2)c1. The summed E-state index contributed by atoms with van der Waals surface area (Å²) in [6.07, 6.45) is -1.42. The summed E-state index contributed by atoms with van der Waals surface area (Å²) in [5.74, 6) is -0.0611. The van der Waals surface area contributed by atoms with Gasteiger partial charge in [0.05, 0.1) is 13.7 Å². The number of nitrogens with zero attached hydrogens (tertiary/aromatic N) is 1. The molecule has 0 unspecified atom stereocenters. The van der Waals surface area contributed by atoms with E-state index in [0.29, 0.717) is 28.3 Å². The van der Waals surface area contributed by atoms with Crippen LogP contribution in [-0.2, 0) is 16.1 Å². The van der Waals surface area contributed by atoms with E-state index in [1.165, 1.54) is 4.90 Å². The van der Waals surface area contributed by atoms with Crippen molar-refractivity contribution in [2.24, 2.45) is 0 Å². The van der Waals surface area contributed by atoms with Crippen LogP contribution < -0.4 is 15.4 Å². The van der Waals surface area contributed by atoms with Gasteiger partial charge < -0.3 is 20.1 Å². The zero-order valence-corrected chi connectivity index (χ0v) is 22.2. The van der Waals surface area contributed by atoms with Gasteiger partial charge in [0.15, 0.2) is 12.1 Å². The third kappa shape index (κ3) is 5.96. The van der Waals surface area contributed by atoms with Crippen LogP contribution in [0.25, 0.3) is 0 Å². The van der Waals surface area contributed by atoms with Gasteiger partial charge >= 0.3 is 6.09 Å². The molecule has 202 valence electrons. The number of nitrogens with one attached hydrogen (secondary N) is 2. The first-order valence-electron chi connectivity index (χ1n) is 12.9. The normalized spacial score (nSPS) is 16.2. The quantitative estimate of drug-likeness (QED) is 0.290. The molecule has 3 amide bonds. The van der Waals surface area contributed by atoms with Crippen LogP contribution in [0.15, 0.2) is 103 Å². The summed E-state index contributed by atoms with van der Waals surface area (Å²) < 4.78 is 11.0. The molecule has 5 rings (SSSR count). The van der Waals surface area contributed by atoms with Crippen LogP contribution in [-0.4, -0.2) is 36.0 Å². The number of cyclic esters (lactones) is 1. The Balaban J connectivity index is 1.38. The molecule has 0 bridgehead atoms. The fourth-order valence-electron chi connectivity index (χ4n) is 4.56. The van der Waals surface area contributed by atoms with Crippen molar-refractivity contribution in [2.45, 2.75) is 25.6 Å². The molecule has 1 saturated heterocycles. The van der Waals surface area contributed by atoms with Gasteiger partial charge in [-0.3, -0.25) is 14.5 Å². The number of carbonyl (C=O) groups is 3. The second-order valence-corrected chi connectivity index (χ2v) is 9.53. The molecule has 8 nitrogen and oxygen atoms in total. The van der Waals surface area contributed by atoms with Crippen LogP contribution in [0.2, 0.25) is 0 Å². The lowest BCUT2D eigenvalue weighted by molar-refractivity contribution is -0.121. The molecule has 0 aliphatic carbocycles. The minimum atomic E-state index is -0.911. The number of ether oxygens (including phenoxy) is 2. The number of methoxy groups -OCH3 is 1. The van der Waals surface area contributed by atoms with Crippen LogP contribution >= 0.6 is 0 Å². The zero-order valence-electron chi connectivity index (χ0n) is 22.2. The fraction of sp³-hybridized carbons (Fsp3) is 0.156. The summed E-state index contributed by atoms with van der Waals surface area (Å²) in [5, 5.41) is 5.77. The Morgan fingerprint density at radius 1 is 0.850 bits per heavy atom. The van der Waals surface area contributed by atoms with Crippen molar-refractivity contribution in [1.82, 2.24) is 4.90 Å². The lowest BCUT2D eigenvalue weighted by atomic mass is 10.00. The molecule has 0 aromatic heterocycles. The maximum atomic E-state index is 13.6. The van der Waals surface area contributed by atoms with Gasteiger partial charge in [-0.25, -0.2) is 4.79 Å². The molecular formula is C32H29N3O5. The molecule has 2 atom stereocenters. The van der Waals surface area contributed by atoms with Gasteiger partial charge in [-0.1, -0.05) is 66.2 Å². The van der Waals surface area contributed by atoms with Gasteiger partial charge in [0.1, 0.15) is 5.75 Å². The average molecular weight is 536 g/mol. The smallest absolute Gasteiger partial charge is 0.411 e. The minimum Gasteiger partial charge on any atom is -0.497 e. The molecule has 1 aliphatic rings. The first-order chi connectivity index (χ1) is 19.4. The molecule has 1 heterocycles. The summed E-state index contributed by atoms with van der Waals surface area (Å²) in [7, 11) is 1.54. The van der Waals surface area contributed by atoms with E-state index in [2.05, 4.69) is 10.6 Å². The molecule has 1 aliphatic heterocycles. The number of anilines is 2. The first kappa shape index (κ1) is 26.5. The maximum Gasteiger partial charge on any atom is 0.411 e. The van der Waals surface area contributed by atoms with Gasteiger partial charge in [-0.2, -0.15) is 0 Å². The zero-order chi connectivity index (χ0) is 28.1. The Bertz CT molecular complexity index is 1500. The highest BCUT2D eigenvalue weighted by Gasteiger charge is 2.47. The number of hydrogen-bond donors (Lipinski definition) is 2. The Labute approximate surface area is 232 Å². The van der Waals surface area contributed by atoms with E-state index in [4.69, 9.17) is 9.47 Å². The van der Waals surface area contributed by atoms with Gasteiger partial charge in [0.2, 0.25) is 0 Å². The number of hydrogen-bond acceptors (Lipinski definition) is 5. The summed E-state index contributed by atoms with van der Waals surface area (Å²) in [6.45, 7) is 2.21. The maximum absolute atomic E-state index is 13.6. The predicted octanol–water partition coefficient (Wildman–Crippen LogP) is 5.96. The lowest BCUT2D eigenvalue weighted by Crippen LogP contribution is -2.43. The van der Waals surface area contributed by atoms with Crippen molar-refractivity contribution in [1.29, 1.82) is 0 Å². The predicted molar refractivity (Wildman–Crippen MR) is 152 cm³/mol. The molecule has 0 saturated carbocycles. The third-order valence-corrected chi connectivity index (χ3v) is 6.70. The largest absolute Gasteiger partial charge is 0.497 e. The number of para-hydroxylation sites is 1. The minimum absolute atomic E-state index is 0.219. The summed E-state index contributed by atoms with van der Waals surface area (Å²) in [6, 6.07) is 29.8. The third-order valence-electron chi connectivity index (χ3n) is 6.70. The number of benzene rings is 4. The van der Waals surface area contributed by atoms with E-state index in [1.807, 2.05) is 49.4 Å². The molecule has 0 radical (unpaired) electrons. The van der Waals surface area contributed by atoms with Gasteiger partial charge in [0, 0.05) is 16.9 Å². The number of aryl methyl sites for hydroxylation is 1. The van der Waals surface area contributed by atoms with E-state index in [1.54, 1.807) is 67.8 Å². The van der Waals surface area contributed by atoms with Crippen LogP contribution in [0, 0.1) is 6.92 Å². The van der Waals surface area contributed by atoms with Gasteiger partial charge in [-0.15, -0.1) is 0 Å². The molecule has 2 N–H and O–H groups in total. The summed E-state index contributed by atoms with van der Waals surface area (Å²) >= 11 is 0. The highest BCUT2D eigenvalue weighted by molar-refractivity contribution is 6.04. The van der Waals surface area contributed by atoms with E-state index in [0.717, 1.165) is 11.1 Å². The Kier molecular flexibility index (Phi) is 7.77. The monoisotopic (exact) mass is 535 g/mol. The van der Waals surface area contributed by atoms with Crippen molar-refractivity contribution in [2.75, 3.05) is 17.7 Å². The number of amides is 3. The molecule has 40 heavy (non-hydrogen) atoms. The van der Waals surface area contributed by atoms with Crippen molar-refractivity contribution in [3.05, 3.63) is 125 Å². The highest BCUT2D eigenvalue weighted by atomic mass is 16.6. The molecule has 0 spiro atoms. The Morgan fingerprint density at radius 3 is 2.25 bits per heavy atom. The van der Waals surface area contributed by atoms with Crippen LogP contribution in [0.5, 0.6) is 5.75 Å². The van der Waals surface area contributed by atoms with E-state index < -0.39 is 18.2 Å². The highest BCUT2D eigenvalue weighted by Crippen LogP contribution is 2.35. The van der Waals surface area contributed by atoms with E-state index in [9.17, 15) is 14.4 Å². The Morgan fingerprint density at radius 2 is 1.55 bits per heavy atom. The van der Waals surface area contributed by atoms with Crippen molar-refractivity contribution >= 4 is 29.3 Å². The van der Waals surface area contributed by atoms with Crippen molar-refractivity contribution < 1.29 is 23.9 Å². The van der Waals surface area contributed by atoms with Gasteiger partial charge in [-0.05, 0) is 60.5 Å². The molecule has 1 fully saturated rings. The summed E-state index contributed by atoms with van der Waals surface area (Å²) in [4.78, 5) is 40.8. The molecule has 4 aromatic rings. The Hall–Kier alpha value is -5.11. The topological polar surface area (TPSA) is 97.0 Å². The van der Waals surface area contributed by atoms with Crippen molar-refractivity contribution in [3.8, 4) is 5.75 Å². The average Bonchev–Trinajstić information content (AvgIpc) is 3.30. The standard InChI is InChI=1S/C32H29N3O5/c1-21-11-13-22(14-12-21)20-35-28(31(37)34-25-8-4-3-5-9-25)29(40-32(35)38)23-15-17-26(18-16-23)33-30(36)24-7-6-10-27(19-24)39-2/h3-19,28-29H,20H2,1-2H3,(H,33,36)(H,34,37)/t28-,29-/m0/s1. The van der Waals surface area contributed by atoms with Crippen LogP contribution in [0.3, 0.4) is 0 Å². The van der Waals surface area contributed by atoms with Gasteiger partial charge in [0.25, 0.3) is 11.8 Å². The fourth-order valence-corrected chi connectivity index (χ4v) is 4.56.